The minimum absolute atomic E-state index is 0.150. The van der Waals surface area contributed by atoms with Gasteiger partial charge in [-0.3, -0.25) is 14.7 Å². The number of thiazole rings is 1. The van der Waals surface area contributed by atoms with Crippen LogP contribution in [0.4, 0.5) is 9.93 Å². The molecule has 9 nitrogen and oxygen atoms in total. The van der Waals surface area contributed by atoms with Gasteiger partial charge < -0.3 is 14.8 Å². The highest BCUT2D eigenvalue weighted by atomic mass is 32.1. The zero-order valence-corrected chi connectivity index (χ0v) is 21.8. The molecule has 0 aliphatic carbocycles. The van der Waals surface area contributed by atoms with E-state index >= 15 is 0 Å². The van der Waals surface area contributed by atoms with Crippen LogP contribution in [-0.4, -0.2) is 45.4 Å². The number of likely N-dealkylation sites (tertiary alicyclic amines) is 1. The van der Waals surface area contributed by atoms with Crippen molar-refractivity contribution >= 4 is 34.4 Å². The fourth-order valence-corrected chi connectivity index (χ4v) is 4.88. The molecular formula is C29H26N4O5S. The predicted molar refractivity (Wildman–Crippen MR) is 146 cm³/mol. The Morgan fingerprint density at radius 3 is 2.26 bits per heavy atom. The number of carbonyl (C=O) groups is 3. The maximum absolute atomic E-state index is 13.0. The van der Waals surface area contributed by atoms with Gasteiger partial charge in [-0.1, -0.05) is 60.7 Å². The lowest BCUT2D eigenvalue weighted by atomic mass is 10.2. The molecule has 3 heterocycles. The first-order valence-corrected chi connectivity index (χ1v) is 13.4. The van der Waals surface area contributed by atoms with Gasteiger partial charge in [-0.05, 0) is 36.1 Å². The Morgan fingerprint density at radius 2 is 1.59 bits per heavy atom. The first-order chi connectivity index (χ1) is 19.1. The summed E-state index contributed by atoms with van der Waals surface area (Å²) in [6, 6.07) is 21.5. The number of ether oxygens (including phenoxy) is 2. The second kappa shape index (κ2) is 12.3. The van der Waals surface area contributed by atoms with E-state index in [4.69, 9.17) is 9.47 Å². The Bertz CT molecular complexity index is 1430. The third-order valence-corrected chi connectivity index (χ3v) is 6.96. The van der Waals surface area contributed by atoms with Gasteiger partial charge in [0, 0.05) is 18.1 Å². The van der Waals surface area contributed by atoms with E-state index in [9.17, 15) is 14.4 Å². The Labute approximate surface area is 229 Å². The van der Waals surface area contributed by atoms with Crippen molar-refractivity contribution < 1.29 is 23.9 Å². The van der Waals surface area contributed by atoms with E-state index in [0.717, 1.165) is 11.1 Å². The topological polar surface area (TPSA) is 111 Å². The number of nitrogens with zero attached hydrogens (tertiary/aromatic N) is 3. The number of nitrogens with one attached hydrogen (secondary N) is 1. The summed E-state index contributed by atoms with van der Waals surface area (Å²) in [6.45, 7) is 0.787. The molecule has 39 heavy (non-hydrogen) atoms. The number of esters is 1. The zero-order valence-electron chi connectivity index (χ0n) is 21.0. The van der Waals surface area contributed by atoms with Crippen molar-refractivity contribution in [3.8, 4) is 11.4 Å². The van der Waals surface area contributed by atoms with Crippen molar-refractivity contribution in [1.82, 2.24) is 14.9 Å². The number of hydrogen-bond acceptors (Lipinski definition) is 8. The number of amides is 2. The molecule has 2 amide bonds. The van der Waals surface area contributed by atoms with Gasteiger partial charge in [0.25, 0.3) is 0 Å². The zero-order chi connectivity index (χ0) is 27.0. The molecule has 1 atom stereocenters. The van der Waals surface area contributed by atoms with E-state index in [1.807, 2.05) is 60.7 Å². The van der Waals surface area contributed by atoms with Crippen LogP contribution in [0.25, 0.3) is 11.4 Å². The van der Waals surface area contributed by atoms with Gasteiger partial charge in [0.2, 0.25) is 5.91 Å². The maximum atomic E-state index is 13.0. The average Bonchev–Trinajstić information content (AvgIpc) is 3.66. The molecular weight excluding hydrogens is 516 g/mol. The maximum Gasteiger partial charge on any atom is 0.410 e. The first-order valence-electron chi connectivity index (χ1n) is 12.5. The van der Waals surface area contributed by atoms with Crippen LogP contribution >= 0.6 is 11.3 Å². The SMILES string of the molecule is O=C(OCc1ccccc1)c1ccc(-c2csc(NC(=O)C3CCCN3C(=O)OCc3ccccc3)n2)nc1. The molecule has 5 rings (SSSR count). The van der Waals surface area contributed by atoms with Crippen molar-refractivity contribution in [2.24, 2.45) is 0 Å². The number of rotatable bonds is 8. The van der Waals surface area contributed by atoms with Crippen LogP contribution in [0.5, 0.6) is 0 Å². The summed E-state index contributed by atoms with van der Waals surface area (Å²) in [7, 11) is 0. The number of hydrogen-bond donors (Lipinski definition) is 1. The van der Waals surface area contributed by atoms with Gasteiger partial charge in [-0.25, -0.2) is 14.6 Å². The summed E-state index contributed by atoms with van der Waals surface area (Å²) >= 11 is 1.26. The molecule has 198 valence electrons. The van der Waals surface area contributed by atoms with Gasteiger partial charge in [-0.15, -0.1) is 11.3 Å². The molecule has 0 radical (unpaired) electrons. The van der Waals surface area contributed by atoms with Crippen LogP contribution in [0.2, 0.25) is 0 Å². The third kappa shape index (κ3) is 6.66. The monoisotopic (exact) mass is 542 g/mol. The molecule has 1 saturated heterocycles. The molecule has 2 aromatic carbocycles. The molecule has 0 bridgehead atoms. The molecule has 1 fully saturated rings. The lowest BCUT2D eigenvalue weighted by molar-refractivity contribution is -0.120. The summed E-state index contributed by atoms with van der Waals surface area (Å²) < 4.78 is 10.8. The van der Waals surface area contributed by atoms with Crippen molar-refractivity contribution in [2.45, 2.75) is 32.1 Å². The van der Waals surface area contributed by atoms with Crippen LogP contribution < -0.4 is 5.32 Å². The minimum Gasteiger partial charge on any atom is -0.457 e. The lowest BCUT2D eigenvalue weighted by Gasteiger charge is -2.22. The van der Waals surface area contributed by atoms with E-state index in [2.05, 4.69) is 15.3 Å². The third-order valence-electron chi connectivity index (χ3n) is 6.20. The van der Waals surface area contributed by atoms with E-state index < -0.39 is 18.1 Å². The van der Waals surface area contributed by atoms with Crippen molar-refractivity contribution in [3.05, 3.63) is 101 Å². The quantitative estimate of drug-likeness (QED) is 0.301. The molecule has 0 spiro atoms. The molecule has 1 aliphatic rings. The molecule has 4 aromatic rings. The number of benzene rings is 2. The number of anilines is 1. The molecule has 1 aliphatic heterocycles. The molecule has 1 unspecified atom stereocenters. The number of carbonyl (C=O) groups excluding carboxylic acids is 3. The number of pyridine rings is 1. The molecule has 1 N–H and O–H groups in total. The largest absolute Gasteiger partial charge is 0.457 e. The van der Waals surface area contributed by atoms with E-state index in [-0.39, 0.29) is 19.1 Å². The van der Waals surface area contributed by atoms with Gasteiger partial charge >= 0.3 is 12.1 Å². The summed E-state index contributed by atoms with van der Waals surface area (Å²) in [5.74, 6) is -0.776. The van der Waals surface area contributed by atoms with Gasteiger partial charge in [0.1, 0.15) is 24.9 Å². The average molecular weight is 543 g/mol. The molecule has 10 heteroatoms. The van der Waals surface area contributed by atoms with E-state index in [0.29, 0.717) is 41.5 Å². The highest BCUT2D eigenvalue weighted by molar-refractivity contribution is 7.14. The van der Waals surface area contributed by atoms with Crippen molar-refractivity contribution in [2.75, 3.05) is 11.9 Å². The van der Waals surface area contributed by atoms with E-state index in [1.54, 1.807) is 17.5 Å². The Morgan fingerprint density at radius 1 is 0.897 bits per heavy atom. The van der Waals surface area contributed by atoms with Crippen molar-refractivity contribution in [1.29, 1.82) is 0 Å². The van der Waals surface area contributed by atoms with Crippen LogP contribution in [0.15, 0.2) is 84.4 Å². The normalized spacial score (nSPS) is 14.6. The fourth-order valence-electron chi connectivity index (χ4n) is 4.17. The molecule has 0 saturated carbocycles. The van der Waals surface area contributed by atoms with Crippen LogP contribution in [0.3, 0.4) is 0 Å². The van der Waals surface area contributed by atoms with Crippen LogP contribution in [0.1, 0.15) is 34.3 Å². The van der Waals surface area contributed by atoms with Crippen LogP contribution in [-0.2, 0) is 27.5 Å². The fraction of sp³-hybridized carbons (Fsp3) is 0.207. The standard InChI is InChI=1S/C29H26N4O5S/c34-26(25-12-7-15-33(25)29(36)38-18-21-10-5-2-6-11-21)32-28-31-24(19-39-28)23-14-13-22(16-30-23)27(35)37-17-20-8-3-1-4-9-20/h1-6,8-11,13-14,16,19,25H,7,12,15,17-18H2,(H,31,32,34). The summed E-state index contributed by atoms with van der Waals surface area (Å²) in [4.78, 5) is 48.2. The Balaban J connectivity index is 1.15. The van der Waals surface area contributed by atoms with Crippen LogP contribution in [0, 0.1) is 0 Å². The van der Waals surface area contributed by atoms with Gasteiger partial charge in [0.15, 0.2) is 5.13 Å². The summed E-state index contributed by atoms with van der Waals surface area (Å²) in [5.41, 5.74) is 3.23. The predicted octanol–water partition coefficient (Wildman–Crippen LogP) is 5.30. The smallest absolute Gasteiger partial charge is 0.410 e. The second-order valence-corrected chi connectivity index (χ2v) is 9.77. The summed E-state index contributed by atoms with van der Waals surface area (Å²) in [5, 5.41) is 4.98. The lowest BCUT2D eigenvalue weighted by Crippen LogP contribution is -2.43. The van der Waals surface area contributed by atoms with Gasteiger partial charge in [-0.2, -0.15) is 0 Å². The second-order valence-electron chi connectivity index (χ2n) is 8.91. The first kappa shape index (κ1) is 26.1. The Hall–Kier alpha value is -4.57. The Kier molecular flexibility index (Phi) is 8.23. The van der Waals surface area contributed by atoms with Gasteiger partial charge in [0.05, 0.1) is 11.3 Å². The number of aromatic nitrogens is 2. The minimum atomic E-state index is -0.625. The molecule has 2 aromatic heterocycles. The summed E-state index contributed by atoms with van der Waals surface area (Å²) in [6.07, 6.45) is 2.19. The highest BCUT2D eigenvalue weighted by Gasteiger charge is 2.35. The van der Waals surface area contributed by atoms with Crippen molar-refractivity contribution in [3.63, 3.8) is 0 Å². The van der Waals surface area contributed by atoms with E-state index in [1.165, 1.54) is 22.4 Å². The highest BCUT2D eigenvalue weighted by Crippen LogP contribution is 2.26.